The van der Waals surface area contributed by atoms with Crippen molar-refractivity contribution in [3.8, 4) is 17.6 Å². The summed E-state index contributed by atoms with van der Waals surface area (Å²) in [6.45, 7) is 5.62. The number of halogens is 2. The maximum atomic E-state index is 8.92. The van der Waals surface area contributed by atoms with Gasteiger partial charge in [-0.05, 0) is 56.1 Å². The standard InChI is InChI=1S/C8H11BO3.C8H7BrN4.C5H6I.V/c1-6-3-4-7(12-2)5-8(6)9(10)11;1-4-2-5(9)3-6-7(4)11-8(10)13-12-6;1-2-3-4-5-6;/h3-5,10-11H,1-2H3;2-3H,1H3,(H2,10,11,13);5H,4H2,1H3;/q;;-1;. The van der Waals surface area contributed by atoms with E-state index in [0.29, 0.717) is 11.2 Å². The first-order valence-electron chi connectivity index (χ1n) is 9.11. The Morgan fingerprint density at radius 2 is 1.88 bits per heavy atom. The van der Waals surface area contributed by atoms with Gasteiger partial charge in [-0.25, -0.2) is 4.98 Å². The molecule has 0 aliphatic heterocycles. The molecule has 4 N–H and O–H groups in total. The van der Waals surface area contributed by atoms with Crippen LogP contribution in [0, 0.1) is 30.1 Å². The number of nitrogen functional groups attached to an aromatic ring is 1. The average molecular weight is 649 g/mol. The van der Waals surface area contributed by atoms with Gasteiger partial charge in [0.1, 0.15) is 11.3 Å². The number of aryl methyl sites for hydroxylation is 2. The van der Waals surface area contributed by atoms with Gasteiger partial charge in [-0.1, -0.05) is 27.6 Å². The molecule has 3 aromatic rings. The summed E-state index contributed by atoms with van der Waals surface area (Å²) in [4.78, 5) is 4.10. The van der Waals surface area contributed by atoms with E-state index in [1.165, 1.54) is 7.11 Å². The summed E-state index contributed by atoms with van der Waals surface area (Å²) in [7, 11) is 0.109. The van der Waals surface area contributed by atoms with Crippen LogP contribution in [-0.2, 0) is 18.6 Å². The molecular formula is C21H24BBrIN4O3V-. The van der Waals surface area contributed by atoms with Crippen molar-refractivity contribution in [3.05, 3.63) is 50.4 Å². The molecule has 0 saturated carbocycles. The number of benzene rings is 2. The monoisotopic (exact) mass is 648 g/mol. The molecule has 1 aromatic heterocycles. The molecule has 1 radical (unpaired) electrons. The molecule has 1 heterocycles. The van der Waals surface area contributed by atoms with Crippen LogP contribution in [0.1, 0.15) is 24.5 Å². The molecule has 0 atom stereocenters. The van der Waals surface area contributed by atoms with Crippen molar-refractivity contribution in [2.24, 2.45) is 0 Å². The van der Waals surface area contributed by atoms with E-state index in [4.69, 9.17) is 20.5 Å². The molecule has 11 heteroatoms. The van der Waals surface area contributed by atoms with Crippen molar-refractivity contribution >= 4 is 68.1 Å². The first-order chi connectivity index (χ1) is 14.7. The van der Waals surface area contributed by atoms with Crippen LogP contribution in [0.2, 0.25) is 0 Å². The molecular weight excluding hydrogens is 625 g/mol. The molecule has 32 heavy (non-hydrogen) atoms. The molecule has 0 amide bonds. The van der Waals surface area contributed by atoms with Gasteiger partial charge in [0, 0.05) is 23.0 Å². The van der Waals surface area contributed by atoms with Crippen LogP contribution in [0.25, 0.3) is 11.0 Å². The largest absolute Gasteiger partial charge is 0.497 e. The quantitative estimate of drug-likeness (QED) is 0.173. The Morgan fingerprint density at radius 3 is 2.41 bits per heavy atom. The van der Waals surface area contributed by atoms with E-state index in [1.54, 1.807) is 18.2 Å². The van der Waals surface area contributed by atoms with Crippen molar-refractivity contribution in [3.63, 3.8) is 0 Å². The third-order valence-corrected chi connectivity index (χ3v) is 4.75. The molecule has 3 rings (SSSR count). The fourth-order valence-electron chi connectivity index (χ4n) is 2.35. The topological polar surface area (TPSA) is 114 Å². The summed E-state index contributed by atoms with van der Waals surface area (Å²) in [6, 6.07) is 9.01. The Hall–Kier alpha value is -1.35. The van der Waals surface area contributed by atoms with Crippen LogP contribution in [0.15, 0.2) is 34.8 Å². The number of ether oxygens (including phenoxy) is 1. The number of nitrogens with two attached hydrogens (primary N) is 1. The van der Waals surface area contributed by atoms with E-state index in [1.807, 2.05) is 37.3 Å². The third kappa shape index (κ3) is 10.5. The molecule has 0 saturated heterocycles. The minimum absolute atomic E-state index is 0. The Balaban J connectivity index is 0.000000474. The van der Waals surface area contributed by atoms with Gasteiger partial charge < -0.3 is 43.1 Å². The number of hydrogen-bond acceptors (Lipinski definition) is 7. The fourth-order valence-corrected chi connectivity index (χ4v) is 3.13. The minimum atomic E-state index is -1.43. The summed E-state index contributed by atoms with van der Waals surface area (Å²) in [5.41, 5.74) is 9.34. The molecule has 0 bridgehead atoms. The third-order valence-electron chi connectivity index (χ3n) is 3.85. The molecule has 0 fully saturated rings. The molecule has 7 nitrogen and oxygen atoms in total. The maximum absolute atomic E-state index is 8.92. The Morgan fingerprint density at radius 1 is 1.19 bits per heavy atom. The zero-order chi connectivity index (χ0) is 23.4. The molecule has 0 spiro atoms. The van der Waals surface area contributed by atoms with Crippen molar-refractivity contribution in [2.75, 3.05) is 12.8 Å². The Labute approximate surface area is 223 Å². The SMILES string of the molecule is CC#CC[CH-]I.COc1ccc(C)c(B(O)O)c1.Cc1cc(Br)cc2nnc(N)nc12.[V]. The normalized spacial score (nSPS) is 9.12. The first-order valence-corrected chi connectivity index (χ1v) is 11.2. The average Bonchev–Trinajstić information content (AvgIpc) is 2.74. The molecule has 0 aliphatic rings. The summed E-state index contributed by atoms with van der Waals surface area (Å²) >= 11 is 5.56. The van der Waals surface area contributed by atoms with Gasteiger partial charge >= 0.3 is 7.12 Å². The summed E-state index contributed by atoms with van der Waals surface area (Å²) in [5.74, 6) is 6.50. The van der Waals surface area contributed by atoms with Crippen molar-refractivity contribution in [1.82, 2.24) is 15.2 Å². The Bertz CT molecular complexity index is 1060. The van der Waals surface area contributed by atoms with E-state index in [2.05, 4.69) is 65.5 Å². The number of rotatable bonds is 3. The van der Waals surface area contributed by atoms with Gasteiger partial charge in [0.2, 0.25) is 5.95 Å². The number of fused-ring (bicyclic) bond motifs is 1. The van der Waals surface area contributed by atoms with E-state index in [9.17, 15) is 0 Å². The van der Waals surface area contributed by atoms with E-state index in [-0.39, 0.29) is 24.5 Å². The molecule has 2 aromatic carbocycles. The minimum Gasteiger partial charge on any atom is -0.497 e. The van der Waals surface area contributed by atoms with E-state index < -0.39 is 7.12 Å². The maximum Gasteiger partial charge on any atom is 0.488 e. The number of methoxy groups -OCH3 is 1. The van der Waals surface area contributed by atoms with Crippen LogP contribution in [-0.4, -0.2) is 39.5 Å². The van der Waals surface area contributed by atoms with Gasteiger partial charge in [0.25, 0.3) is 0 Å². The number of hydrogen-bond donors (Lipinski definition) is 3. The summed E-state index contributed by atoms with van der Waals surface area (Å²) < 4.78 is 7.92. The summed E-state index contributed by atoms with van der Waals surface area (Å²) in [6.07, 6.45) is 0.914. The second-order valence-electron chi connectivity index (χ2n) is 6.14. The van der Waals surface area contributed by atoms with Gasteiger partial charge in [0.05, 0.1) is 12.6 Å². The van der Waals surface area contributed by atoms with E-state index >= 15 is 0 Å². The second-order valence-corrected chi connectivity index (χ2v) is 7.94. The second kappa shape index (κ2) is 16.3. The van der Waals surface area contributed by atoms with Gasteiger partial charge in [-0.2, -0.15) is 0 Å². The Kier molecular flexibility index (Phi) is 15.6. The molecule has 0 aliphatic carbocycles. The van der Waals surface area contributed by atoms with Gasteiger partial charge in [-0.15, -0.1) is 28.5 Å². The van der Waals surface area contributed by atoms with Gasteiger partial charge in [0.15, 0.2) is 0 Å². The van der Waals surface area contributed by atoms with E-state index in [0.717, 1.165) is 33.1 Å². The predicted molar refractivity (Wildman–Crippen MR) is 138 cm³/mol. The van der Waals surface area contributed by atoms with Crippen LogP contribution >= 0.6 is 38.5 Å². The number of anilines is 1. The predicted octanol–water partition coefficient (Wildman–Crippen LogP) is 3.36. The molecule has 0 unspecified atom stereocenters. The van der Waals surface area contributed by atoms with Crippen molar-refractivity contribution < 1.29 is 33.3 Å². The smallest absolute Gasteiger partial charge is 0.488 e. The summed E-state index contributed by atoms with van der Waals surface area (Å²) in [5, 5.41) is 25.5. The first kappa shape index (κ1) is 30.6. The fraction of sp³-hybridized carbons (Fsp3) is 0.238. The van der Waals surface area contributed by atoms with Crippen LogP contribution in [0.4, 0.5) is 5.95 Å². The zero-order valence-electron chi connectivity index (χ0n) is 18.2. The number of nitrogens with zero attached hydrogens (tertiary/aromatic N) is 3. The van der Waals surface area contributed by atoms with Crippen LogP contribution in [0.5, 0.6) is 5.75 Å². The van der Waals surface area contributed by atoms with Crippen LogP contribution in [0.3, 0.4) is 0 Å². The molecule has 169 valence electrons. The number of aromatic nitrogens is 3. The van der Waals surface area contributed by atoms with Crippen LogP contribution < -0.4 is 15.9 Å². The van der Waals surface area contributed by atoms with Crippen molar-refractivity contribution in [1.29, 1.82) is 0 Å². The van der Waals surface area contributed by atoms with Crippen molar-refractivity contribution in [2.45, 2.75) is 27.2 Å². The zero-order valence-corrected chi connectivity index (χ0v) is 23.3. The van der Waals surface area contributed by atoms with Gasteiger partial charge in [-0.3, -0.25) is 4.43 Å².